The molecule has 0 saturated heterocycles. The lowest BCUT2D eigenvalue weighted by Gasteiger charge is -2.02. The first-order valence-corrected chi connectivity index (χ1v) is 3.57. The third-order valence-electron chi connectivity index (χ3n) is 0.990. The van der Waals surface area contributed by atoms with Crippen molar-refractivity contribution in [3.63, 3.8) is 0 Å². The van der Waals surface area contributed by atoms with E-state index in [1.54, 1.807) is 0 Å². The third kappa shape index (κ3) is 7.84. The van der Waals surface area contributed by atoms with Crippen LogP contribution in [0.5, 0.6) is 0 Å². The Labute approximate surface area is 61.3 Å². The van der Waals surface area contributed by atoms with E-state index in [0.29, 0.717) is 19.7 Å². The molecule has 0 aromatic heterocycles. The maximum Gasteiger partial charge on any atom is 0.0694 e. The van der Waals surface area contributed by atoms with E-state index < -0.39 is 0 Å². The van der Waals surface area contributed by atoms with Crippen LogP contribution in [0.2, 0.25) is 0 Å². The molecule has 0 radical (unpaired) electrons. The van der Waals surface area contributed by atoms with Gasteiger partial charge in [-0.3, -0.25) is 0 Å². The Bertz CT molecular complexity index is 53.7. The average molecular weight is 148 g/mol. The highest BCUT2D eigenvalue weighted by Gasteiger charge is 1.85. The predicted molar refractivity (Wildman–Crippen MR) is 39.3 cm³/mol. The molecule has 0 spiro atoms. The van der Waals surface area contributed by atoms with Crippen molar-refractivity contribution in [2.24, 2.45) is 5.73 Å². The Kier molecular flexibility index (Phi) is 8.70. The summed E-state index contributed by atoms with van der Waals surface area (Å²) in [6.07, 6.45) is 1.59. The summed E-state index contributed by atoms with van der Waals surface area (Å²) >= 11 is 0. The molecule has 0 aromatic carbocycles. The second-order valence-corrected chi connectivity index (χ2v) is 1.96. The fourth-order valence-corrected chi connectivity index (χ4v) is 0.451. The average Bonchev–Trinajstić information content (AvgIpc) is 1.97. The van der Waals surface area contributed by atoms with E-state index >= 15 is 0 Å². The standard InChI is InChI=1S/C6H16N2O2/c7-3-1-6-10-8-4-2-5-9/h8-9H,1-7H2. The summed E-state index contributed by atoms with van der Waals surface area (Å²) in [5, 5.41) is 8.35. The number of hydrogen-bond donors (Lipinski definition) is 3. The van der Waals surface area contributed by atoms with E-state index in [-0.39, 0.29) is 6.61 Å². The predicted octanol–water partition coefficient (Wildman–Crippen LogP) is -0.761. The second-order valence-electron chi connectivity index (χ2n) is 1.96. The summed E-state index contributed by atoms with van der Waals surface area (Å²) in [6.45, 7) is 2.19. The monoisotopic (exact) mass is 148 g/mol. The highest BCUT2D eigenvalue weighted by molar-refractivity contribution is 4.36. The van der Waals surface area contributed by atoms with E-state index in [2.05, 4.69) is 5.48 Å². The van der Waals surface area contributed by atoms with Crippen LogP contribution in [-0.4, -0.2) is 31.4 Å². The number of hydroxylamine groups is 1. The van der Waals surface area contributed by atoms with Crippen molar-refractivity contribution in [3.05, 3.63) is 0 Å². The van der Waals surface area contributed by atoms with E-state index in [1.165, 1.54) is 0 Å². The molecule has 0 fully saturated rings. The molecule has 0 saturated carbocycles. The summed E-state index contributed by atoms with van der Waals surface area (Å²) in [7, 11) is 0. The molecule has 0 heterocycles. The van der Waals surface area contributed by atoms with Crippen molar-refractivity contribution >= 4 is 0 Å². The highest BCUT2D eigenvalue weighted by atomic mass is 16.6. The van der Waals surface area contributed by atoms with Crippen LogP contribution < -0.4 is 11.2 Å². The van der Waals surface area contributed by atoms with Gasteiger partial charge in [-0.15, -0.1) is 0 Å². The Morgan fingerprint density at radius 2 is 2.20 bits per heavy atom. The topological polar surface area (TPSA) is 67.5 Å². The molecule has 0 aliphatic rings. The lowest BCUT2D eigenvalue weighted by atomic mass is 10.5. The quantitative estimate of drug-likeness (QED) is 0.328. The Morgan fingerprint density at radius 1 is 1.40 bits per heavy atom. The summed E-state index contributed by atoms with van der Waals surface area (Å²) in [6, 6.07) is 0. The van der Waals surface area contributed by atoms with Gasteiger partial charge < -0.3 is 15.7 Å². The fraction of sp³-hybridized carbons (Fsp3) is 1.00. The van der Waals surface area contributed by atoms with Crippen molar-refractivity contribution in [2.45, 2.75) is 12.8 Å². The Morgan fingerprint density at radius 3 is 2.80 bits per heavy atom. The first-order valence-electron chi connectivity index (χ1n) is 3.57. The van der Waals surface area contributed by atoms with Gasteiger partial charge in [-0.05, 0) is 19.4 Å². The number of rotatable bonds is 7. The van der Waals surface area contributed by atoms with Gasteiger partial charge in [0.05, 0.1) is 6.61 Å². The van der Waals surface area contributed by atoms with Gasteiger partial charge in [0.15, 0.2) is 0 Å². The zero-order chi connectivity index (χ0) is 7.66. The smallest absolute Gasteiger partial charge is 0.0694 e. The molecule has 0 unspecified atom stereocenters. The summed E-state index contributed by atoms with van der Waals surface area (Å²) in [4.78, 5) is 4.94. The summed E-state index contributed by atoms with van der Waals surface area (Å²) < 4.78 is 0. The van der Waals surface area contributed by atoms with Gasteiger partial charge in [0.2, 0.25) is 0 Å². The molecule has 0 atom stereocenters. The number of aliphatic hydroxyl groups is 1. The normalized spacial score (nSPS) is 10.2. The van der Waals surface area contributed by atoms with Crippen LogP contribution in [0.25, 0.3) is 0 Å². The van der Waals surface area contributed by atoms with Crippen molar-refractivity contribution in [1.82, 2.24) is 5.48 Å². The van der Waals surface area contributed by atoms with Gasteiger partial charge in [0.25, 0.3) is 0 Å². The van der Waals surface area contributed by atoms with Gasteiger partial charge in [0.1, 0.15) is 0 Å². The summed E-state index contributed by atoms with van der Waals surface area (Å²) in [5.41, 5.74) is 7.93. The maximum absolute atomic E-state index is 8.35. The first-order chi connectivity index (χ1) is 4.91. The van der Waals surface area contributed by atoms with Gasteiger partial charge in [-0.2, -0.15) is 0 Å². The molecule has 62 valence electrons. The van der Waals surface area contributed by atoms with Crippen LogP contribution in [0.1, 0.15) is 12.8 Å². The maximum atomic E-state index is 8.35. The minimum atomic E-state index is 0.202. The van der Waals surface area contributed by atoms with Crippen molar-refractivity contribution in [2.75, 3.05) is 26.3 Å². The van der Waals surface area contributed by atoms with E-state index in [9.17, 15) is 0 Å². The molecular weight excluding hydrogens is 132 g/mol. The molecule has 0 rings (SSSR count). The van der Waals surface area contributed by atoms with Crippen LogP contribution in [-0.2, 0) is 4.84 Å². The van der Waals surface area contributed by atoms with Crippen molar-refractivity contribution < 1.29 is 9.94 Å². The molecule has 0 bridgehead atoms. The fourth-order valence-electron chi connectivity index (χ4n) is 0.451. The van der Waals surface area contributed by atoms with Gasteiger partial charge in [-0.25, -0.2) is 5.48 Å². The van der Waals surface area contributed by atoms with Crippen molar-refractivity contribution in [3.8, 4) is 0 Å². The second kappa shape index (κ2) is 8.84. The number of aliphatic hydroxyl groups excluding tert-OH is 1. The molecule has 4 heteroatoms. The van der Waals surface area contributed by atoms with Crippen LogP contribution in [0.15, 0.2) is 0 Å². The van der Waals surface area contributed by atoms with Crippen LogP contribution in [0, 0.1) is 0 Å². The lowest BCUT2D eigenvalue weighted by molar-refractivity contribution is 0.0375. The minimum Gasteiger partial charge on any atom is -0.396 e. The highest BCUT2D eigenvalue weighted by Crippen LogP contribution is 1.76. The molecule has 0 aromatic rings. The van der Waals surface area contributed by atoms with Gasteiger partial charge in [-0.1, -0.05) is 0 Å². The number of nitrogens with one attached hydrogen (secondary N) is 1. The van der Waals surface area contributed by atoms with Gasteiger partial charge in [0, 0.05) is 13.2 Å². The van der Waals surface area contributed by atoms with Crippen LogP contribution in [0.3, 0.4) is 0 Å². The molecular formula is C6H16N2O2. The zero-order valence-corrected chi connectivity index (χ0v) is 6.18. The first kappa shape index (κ1) is 9.84. The number of hydrogen-bond acceptors (Lipinski definition) is 4. The largest absolute Gasteiger partial charge is 0.396 e. The molecule has 0 aliphatic carbocycles. The minimum absolute atomic E-state index is 0.202. The van der Waals surface area contributed by atoms with E-state index in [4.69, 9.17) is 15.7 Å². The third-order valence-corrected chi connectivity index (χ3v) is 0.990. The summed E-state index contributed by atoms with van der Waals surface area (Å²) in [5.74, 6) is 0. The molecule has 0 amide bonds. The lowest BCUT2D eigenvalue weighted by Crippen LogP contribution is -2.18. The molecule has 10 heavy (non-hydrogen) atoms. The Hall–Kier alpha value is -0.160. The van der Waals surface area contributed by atoms with Crippen LogP contribution in [0.4, 0.5) is 0 Å². The molecule has 0 aliphatic heterocycles. The van der Waals surface area contributed by atoms with Crippen LogP contribution >= 0.6 is 0 Å². The van der Waals surface area contributed by atoms with E-state index in [1.807, 2.05) is 0 Å². The van der Waals surface area contributed by atoms with Crippen molar-refractivity contribution in [1.29, 1.82) is 0 Å². The van der Waals surface area contributed by atoms with Gasteiger partial charge >= 0.3 is 0 Å². The number of nitrogens with two attached hydrogens (primary N) is 1. The molecule has 4 N–H and O–H groups in total. The zero-order valence-electron chi connectivity index (χ0n) is 6.18. The van der Waals surface area contributed by atoms with E-state index in [0.717, 1.165) is 12.8 Å². The molecule has 4 nitrogen and oxygen atoms in total. The Balaban J connectivity index is 2.65. The SMILES string of the molecule is NCCCONCCCO.